The van der Waals surface area contributed by atoms with E-state index in [2.05, 4.69) is 10.0 Å². The second-order valence-corrected chi connectivity index (χ2v) is 6.74. The van der Waals surface area contributed by atoms with Crippen molar-refractivity contribution in [3.05, 3.63) is 0 Å². The highest BCUT2D eigenvalue weighted by atomic mass is 32.2. The first kappa shape index (κ1) is 13.3. The Morgan fingerprint density at radius 3 is 2.82 bits per heavy atom. The summed E-state index contributed by atoms with van der Waals surface area (Å²) in [4.78, 5) is 0. The van der Waals surface area contributed by atoms with Crippen LogP contribution in [0.2, 0.25) is 0 Å². The molecule has 0 bridgehead atoms. The van der Waals surface area contributed by atoms with Crippen molar-refractivity contribution in [2.45, 2.75) is 44.2 Å². The summed E-state index contributed by atoms with van der Waals surface area (Å²) in [6.07, 6.45) is 5.25. The molecule has 0 aliphatic carbocycles. The van der Waals surface area contributed by atoms with Gasteiger partial charge in [-0.25, -0.2) is 13.1 Å². The summed E-state index contributed by atoms with van der Waals surface area (Å²) in [5.41, 5.74) is 0. The Labute approximate surface area is 103 Å². The van der Waals surface area contributed by atoms with Crippen molar-refractivity contribution in [3.8, 4) is 0 Å². The summed E-state index contributed by atoms with van der Waals surface area (Å²) in [5, 5.41) is 3.20. The van der Waals surface area contributed by atoms with Crippen LogP contribution in [0.4, 0.5) is 0 Å². The van der Waals surface area contributed by atoms with Crippen LogP contribution >= 0.6 is 0 Å². The summed E-state index contributed by atoms with van der Waals surface area (Å²) in [6.45, 7) is 2.26. The molecule has 6 heteroatoms. The van der Waals surface area contributed by atoms with E-state index in [-0.39, 0.29) is 17.9 Å². The zero-order chi connectivity index (χ0) is 12.1. The maximum atomic E-state index is 11.8. The SMILES string of the molecule is O=S(=O)(CC1CCCN1)NCCC1CCCO1. The van der Waals surface area contributed by atoms with Gasteiger partial charge in [0.1, 0.15) is 0 Å². The molecule has 17 heavy (non-hydrogen) atoms. The molecule has 0 aromatic heterocycles. The molecule has 0 aromatic rings. The third-order valence-corrected chi connectivity index (χ3v) is 4.88. The Morgan fingerprint density at radius 2 is 2.18 bits per heavy atom. The number of hydrogen-bond acceptors (Lipinski definition) is 4. The van der Waals surface area contributed by atoms with Gasteiger partial charge in [0, 0.05) is 19.2 Å². The topological polar surface area (TPSA) is 67.4 Å². The summed E-state index contributed by atoms with van der Waals surface area (Å²) in [6, 6.07) is 0.134. The summed E-state index contributed by atoms with van der Waals surface area (Å²) < 4.78 is 31.7. The molecule has 2 aliphatic rings. The van der Waals surface area contributed by atoms with Gasteiger partial charge >= 0.3 is 0 Å². The van der Waals surface area contributed by atoms with Crippen LogP contribution < -0.4 is 10.0 Å². The quantitative estimate of drug-likeness (QED) is 0.719. The lowest BCUT2D eigenvalue weighted by molar-refractivity contribution is 0.105. The largest absolute Gasteiger partial charge is 0.378 e. The van der Waals surface area contributed by atoms with Gasteiger partial charge in [-0.1, -0.05) is 0 Å². The summed E-state index contributed by atoms with van der Waals surface area (Å²) >= 11 is 0. The number of ether oxygens (including phenoxy) is 1. The van der Waals surface area contributed by atoms with Crippen LogP contribution in [0.5, 0.6) is 0 Å². The van der Waals surface area contributed by atoms with E-state index in [4.69, 9.17) is 4.74 Å². The average molecular weight is 262 g/mol. The molecular formula is C11H22N2O3S. The van der Waals surface area contributed by atoms with Crippen molar-refractivity contribution >= 4 is 10.0 Å². The molecule has 2 rings (SSSR count). The van der Waals surface area contributed by atoms with Gasteiger partial charge in [-0.15, -0.1) is 0 Å². The second kappa shape index (κ2) is 6.13. The highest BCUT2D eigenvalue weighted by Crippen LogP contribution is 2.14. The highest BCUT2D eigenvalue weighted by molar-refractivity contribution is 7.89. The normalized spacial score (nSPS) is 29.9. The standard InChI is InChI=1S/C11H22N2O3S/c14-17(15,9-10-3-1-6-12-10)13-7-5-11-4-2-8-16-11/h10-13H,1-9H2. The second-order valence-electron chi connectivity index (χ2n) is 4.89. The number of hydrogen-bond donors (Lipinski definition) is 2. The fourth-order valence-electron chi connectivity index (χ4n) is 2.47. The molecule has 2 fully saturated rings. The van der Waals surface area contributed by atoms with E-state index in [0.29, 0.717) is 6.54 Å². The van der Waals surface area contributed by atoms with Crippen molar-refractivity contribution in [2.24, 2.45) is 0 Å². The van der Waals surface area contributed by atoms with E-state index >= 15 is 0 Å². The van der Waals surface area contributed by atoms with Gasteiger partial charge in [-0.3, -0.25) is 0 Å². The predicted octanol–water partition coefficient (Wildman–Crippen LogP) is 0.227. The van der Waals surface area contributed by atoms with Crippen molar-refractivity contribution in [1.82, 2.24) is 10.0 Å². The van der Waals surface area contributed by atoms with Gasteiger partial charge in [0.2, 0.25) is 10.0 Å². The molecule has 0 amide bonds. The lowest BCUT2D eigenvalue weighted by Crippen LogP contribution is -2.37. The molecule has 0 radical (unpaired) electrons. The molecule has 0 aromatic carbocycles. The fourth-order valence-corrected chi connectivity index (χ4v) is 3.83. The minimum absolute atomic E-state index is 0.134. The van der Waals surface area contributed by atoms with E-state index in [9.17, 15) is 8.42 Å². The van der Waals surface area contributed by atoms with Crippen LogP contribution in [0.15, 0.2) is 0 Å². The van der Waals surface area contributed by atoms with Crippen molar-refractivity contribution in [1.29, 1.82) is 0 Å². The smallest absolute Gasteiger partial charge is 0.213 e. The minimum Gasteiger partial charge on any atom is -0.378 e. The molecule has 0 saturated carbocycles. The Kier molecular flexibility index (Phi) is 4.78. The third-order valence-electron chi connectivity index (χ3n) is 3.40. The molecule has 2 atom stereocenters. The highest BCUT2D eigenvalue weighted by Gasteiger charge is 2.22. The van der Waals surface area contributed by atoms with E-state index in [0.717, 1.165) is 45.3 Å². The Morgan fingerprint density at radius 1 is 1.29 bits per heavy atom. The fraction of sp³-hybridized carbons (Fsp3) is 1.00. The monoisotopic (exact) mass is 262 g/mol. The zero-order valence-electron chi connectivity index (χ0n) is 10.2. The van der Waals surface area contributed by atoms with Gasteiger partial charge in [0.05, 0.1) is 11.9 Å². The minimum atomic E-state index is -3.12. The number of rotatable bonds is 6. The van der Waals surface area contributed by atoms with Crippen molar-refractivity contribution in [2.75, 3.05) is 25.4 Å². The maximum Gasteiger partial charge on any atom is 0.213 e. The van der Waals surface area contributed by atoms with E-state index in [1.165, 1.54) is 0 Å². The zero-order valence-corrected chi connectivity index (χ0v) is 11.0. The lowest BCUT2D eigenvalue weighted by atomic mass is 10.2. The molecular weight excluding hydrogens is 240 g/mol. The lowest BCUT2D eigenvalue weighted by Gasteiger charge is -2.13. The van der Waals surface area contributed by atoms with Crippen molar-refractivity contribution in [3.63, 3.8) is 0 Å². The molecule has 2 saturated heterocycles. The summed E-state index contributed by atoms with van der Waals surface area (Å²) in [7, 11) is -3.12. The van der Waals surface area contributed by atoms with Crippen LogP contribution in [-0.2, 0) is 14.8 Å². The van der Waals surface area contributed by atoms with Gasteiger partial charge in [0.25, 0.3) is 0 Å². The Hall–Kier alpha value is -0.170. The number of nitrogens with one attached hydrogen (secondary N) is 2. The van der Waals surface area contributed by atoms with Crippen LogP contribution in [-0.4, -0.2) is 46.0 Å². The number of sulfonamides is 1. The van der Waals surface area contributed by atoms with E-state index in [1.807, 2.05) is 0 Å². The Bertz CT molecular complexity index is 320. The molecule has 5 nitrogen and oxygen atoms in total. The van der Waals surface area contributed by atoms with Gasteiger partial charge in [0.15, 0.2) is 0 Å². The first-order chi connectivity index (χ1) is 8.16. The molecule has 2 aliphatic heterocycles. The molecule has 2 unspecified atom stereocenters. The Balaban J connectivity index is 1.65. The molecule has 2 heterocycles. The summed E-state index contributed by atoms with van der Waals surface area (Å²) in [5.74, 6) is 0.207. The van der Waals surface area contributed by atoms with Crippen molar-refractivity contribution < 1.29 is 13.2 Å². The van der Waals surface area contributed by atoms with Gasteiger partial charge in [-0.2, -0.15) is 0 Å². The first-order valence-electron chi connectivity index (χ1n) is 6.48. The predicted molar refractivity (Wildman–Crippen MR) is 66.4 cm³/mol. The molecule has 2 N–H and O–H groups in total. The van der Waals surface area contributed by atoms with Crippen LogP contribution in [0.1, 0.15) is 32.1 Å². The van der Waals surface area contributed by atoms with Gasteiger partial charge in [-0.05, 0) is 38.6 Å². The van der Waals surface area contributed by atoms with E-state index in [1.54, 1.807) is 0 Å². The van der Waals surface area contributed by atoms with Crippen LogP contribution in [0.3, 0.4) is 0 Å². The van der Waals surface area contributed by atoms with Crippen LogP contribution in [0, 0.1) is 0 Å². The first-order valence-corrected chi connectivity index (χ1v) is 8.13. The molecule has 100 valence electrons. The third kappa shape index (κ3) is 4.54. The molecule has 0 spiro atoms. The van der Waals surface area contributed by atoms with E-state index < -0.39 is 10.0 Å². The maximum absolute atomic E-state index is 11.8. The van der Waals surface area contributed by atoms with Gasteiger partial charge < -0.3 is 10.1 Å². The van der Waals surface area contributed by atoms with Crippen LogP contribution in [0.25, 0.3) is 0 Å². The average Bonchev–Trinajstić information content (AvgIpc) is 2.89.